The fraction of sp³-hybridized carbons (Fsp3) is 0.462. The quantitative estimate of drug-likeness (QED) is 0.741. The monoisotopic (exact) mass is 234 g/mol. The molecule has 0 atom stereocenters. The lowest BCUT2D eigenvalue weighted by Crippen LogP contribution is -2.27. The van der Waals surface area contributed by atoms with E-state index >= 15 is 0 Å². The van der Waals surface area contributed by atoms with Crippen LogP contribution in [0.1, 0.15) is 24.0 Å². The van der Waals surface area contributed by atoms with E-state index in [4.69, 9.17) is 10.8 Å². The molecular formula is C13H18N2O2. The van der Waals surface area contributed by atoms with Crippen LogP contribution < -0.4 is 10.6 Å². The minimum Gasteiger partial charge on any atom is -0.396 e. The van der Waals surface area contributed by atoms with Crippen molar-refractivity contribution < 1.29 is 9.90 Å². The number of fused-ring (bicyclic) bond motifs is 1. The summed E-state index contributed by atoms with van der Waals surface area (Å²) < 4.78 is 0. The molecule has 0 spiro atoms. The molecule has 92 valence electrons. The largest absolute Gasteiger partial charge is 0.396 e. The standard InChI is InChI=1S/C13H18N2O2/c14-9-10-3-4-12-11(7-10)8-13(17)15(12)5-1-2-6-16/h3-4,7,16H,1-2,5-6,8-9,14H2. The third kappa shape index (κ3) is 2.48. The SMILES string of the molecule is NCc1ccc2c(c1)CC(=O)N2CCCCO. The summed E-state index contributed by atoms with van der Waals surface area (Å²) in [5.41, 5.74) is 8.72. The number of aliphatic hydroxyl groups excluding tert-OH is 1. The molecule has 0 aromatic heterocycles. The van der Waals surface area contributed by atoms with E-state index in [2.05, 4.69) is 0 Å². The molecule has 1 heterocycles. The van der Waals surface area contributed by atoms with Gasteiger partial charge in [0.1, 0.15) is 0 Å². The molecule has 4 heteroatoms. The summed E-state index contributed by atoms with van der Waals surface area (Å²) in [6.07, 6.45) is 2.04. The summed E-state index contributed by atoms with van der Waals surface area (Å²) in [6.45, 7) is 1.38. The molecule has 1 aliphatic heterocycles. The first-order chi connectivity index (χ1) is 8.26. The van der Waals surface area contributed by atoms with Crippen molar-refractivity contribution in [1.82, 2.24) is 0 Å². The number of nitrogens with zero attached hydrogens (tertiary/aromatic N) is 1. The molecule has 4 nitrogen and oxygen atoms in total. The molecule has 1 aromatic rings. The molecule has 17 heavy (non-hydrogen) atoms. The Labute approximate surface area is 101 Å². The average molecular weight is 234 g/mol. The number of nitrogens with two attached hydrogens (primary N) is 1. The van der Waals surface area contributed by atoms with Gasteiger partial charge in [0, 0.05) is 25.4 Å². The van der Waals surface area contributed by atoms with Crippen molar-refractivity contribution in [3.63, 3.8) is 0 Å². The number of hydrogen-bond acceptors (Lipinski definition) is 3. The second-order valence-electron chi connectivity index (χ2n) is 4.32. The van der Waals surface area contributed by atoms with Gasteiger partial charge in [-0.15, -0.1) is 0 Å². The highest BCUT2D eigenvalue weighted by molar-refractivity contribution is 6.01. The van der Waals surface area contributed by atoms with Gasteiger partial charge in [-0.05, 0) is 30.0 Å². The number of carbonyl (C=O) groups is 1. The first kappa shape index (κ1) is 12.1. The van der Waals surface area contributed by atoms with Crippen molar-refractivity contribution >= 4 is 11.6 Å². The molecule has 1 amide bonds. The molecule has 1 aliphatic rings. The van der Waals surface area contributed by atoms with Crippen LogP contribution in [-0.4, -0.2) is 24.2 Å². The number of hydrogen-bond donors (Lipinski definition) is 2. The third-order valence-corrected chi connectivity index (χ3v) is 3.10. The summed E-state index contributed by atoms with van der Waals surface area (Å²) in [6, 6.07) is 5.96. The lowest BCUT2D eigenvalue weighted by Gasteiger charge is -2.17. The number of unbranched alkanes of at least 4 members (excludes halogenated alkanes) is 1. The van der Waals surface area contributed by atoms with E-state index in [1.807, 2.05) is 23.1 Å². The zero-order chi connectivity index (χ0) is 12.3. The van der Waals surface area contributed by atoms with Crippen molar-refractivity contribution in [2.45, 2.75) is 25.8 Å². The lowest BCUT2D eigenvalue weighted by atomic mass is 10.1. The minimum absolute atomic E-state index is 0.145. The first-order valence-electron chi connectivity index (χ1n) is 5.99. The smallest absolute Gasteiger partial charge is 0.231 e. The van der Waals surface area contributed by atoms with Crippen molar-refractivity contribution in [3.05, 3.63) is 29.3 Å². The average Bonchev–Trinajstić information content (AvgIpc) is 2.65. The Bertz CT molecular complexity index is 418. The fourth-order valence-corrected chi connectivity index (χ4v) is 2.19. The van der Waals surface area contributed by atoms with Gasteiger partial charge in [0.2, 0.25) is 5.91 Å². The number of aliphatic hydroxyl groups is 1. The Hall–Kier alpha value is -1.39. The molecular weight excluding hydrogens is 216 g/mol. The topological polar surface area (TPSA) is 66.6 Å². The van der Waals surface area contributed by atoms with Crippen molar-refractivity contribution in [3.8, 4) is 0 Å². The summed E-state index contributed by atoms with van der Waals surface area (Å²) in [5.74, 6) is 0.145. The van der Waals surface area contributed by atoms with Gasteiger partial charge < -0.3 is 15.7 Å². The Balaban J connectivity index is 2.13. The van der Waals surface area contributed by atoms with Crippen LogP contribution in [0.25, 0.3) is 0 Å². The number of rotatable bonds is 5. The number of amides is 1. The first-order valence-corrected chi connectivity index (χ1v) is 5.99. The predicted molar refractivity (Wildman–Crippen MR) is 66.7 cm³/mol. The maximum Gasteiger partial charge on any atom is 0.231 e. The predicted octanol–water partition coefficient (Wildman–Crippen LogP) is 0.807. The van der Waals surface area contributed by atoms with E-state index < -0.39 is 0 Å². The van der Waals surface area contributed by atoms with Gasteiger partial charge in [-0.25, -0.2) is 0 Å². The van der Waals surface area contributed by atoms with Gasteiger partial charge in [-0.3, -0.25) is 4.79 Å². The van der Waals surface area contributed by atoms with E-state index in [-0.39, 0.29) is 12.5 Å². The van der Waals surface area contributed by atoms with E-state index in [1.54, 1.807) is 0 Å². The number of benzene rings is 1. The molecule has 3 N–H and O–H groups in total. The van der Waals surface area contributed by atoms with E-state index in [1.165, 1.54) is 0 Å². The summed E-state index contributed by atoms with van der Waals surface area (Å²) in [4.78, 5) is 13.7. The van der Waals surface area contributed by atoms with Crippen LogP contribution in [0.5, 0.6) is 0 Å². The molecule has 0 unspecified atom stereocenters. The highest BCUT2D eigenvalue weighted by Gasteiger charge is 2.26. The zero-order valence-corrected chi connectivity index (χ0v) is 9.85. The van der Waals surface area contributed by atoms with Gasteiger partial charge in [0.05, 0.1) is 6.42 Å². The normalized spacial score (nSPS) is 14.2. The zero-order valence-electron chi connectivity index (χ0n) is 9.85. The van der Waals surface area contributed by atoms with E-state index in [0.717, 1.165) is 29.7 Å². The Morgan fingerprint density at radius 1 is 1.35 bits per heavy atom. The second-order valence-corrected chi connectivity index (χ2v) is 4.32. The summed E-state index contributed by atoms with van der Waals surface area (Å²) in [7, 11) is 0. The van der Waals surface area contributed by atoms with E-state index in [0.29, 0.717) is 19.5 Å². The van der Waals surface area contributed by atoms with E-state index in [9.17, 15) is 4.79 Å². The molecule has 2 rings (SSSR count). The highest BCUT2D eigenvalue weighted by Crippen LogP contribution is 2.29. The Morgan fingerprint density at radius 2 is 2.18 bits per heavy atom. The van der Waals surface area contributed by atoms with Gasteiger partial charge >= 0.3 is 0 Å². The number of anilines is 1. The Kier molecular flexibility index (Phi) is 3.76. The van der Waals surface area contributed by atoms with Gasteiger partial charge in [0.15, 0.2) is 0 Å². The van der Waals surface area contributed by atoms with Crippen LogP contribution in [0.3, 0.4) is 0 Å². The maximum atomic E-state index is 11.9. The third-order valence-electron chi connectivity index (χ3n) is 3.10. The fourth-order valence-electron chi connectivity index (χ4n) is 2.19. The van der Waals surface area contributed by atoms with Crippen LogP contribution in [0, 0.1) is 0 Å². The Morgan fingerprint density at radius 3 is 2.88 bits per heavy atom. The van der Waals surface area contributed by atoms with Gasteiger partial charge in [-0.2, -0.15) is 0 Å². The van der Waals surface area contributed by atoms with Crippen molar-refractivity contribution in [2.24, 2.45) is 5.73 Å². The van der Waals surface area contributed by atoms with Crippen LogP contribution >= 0.6 is 0 Å². The summed E-state index contributed by atoms with van der Waals surface area (Å²) >= 11 is 0. The highest BCUT2D eigenvalue weighted by atomic mass is 16.3. The van der Waals surface area contributed by atoms with Gasteiger partial charge in [0.25, 0.3) is 0 Å². The minimum atomic E-state index is 0.145. The van der Waals surface area contributed by atoms with Crippen molar-refractivity contribution in [2.75, 3.05) is 18.1 Å². The maximum absolute atomic E-state index is 11.9. The van der Waals surface area contributed by atoms with Crippen molar-refractivity contribution in [1.29, 1.82) is 0 Å². The molecule has 0 radical (unpaired) electrons. The molecule has 0 aliphatic carbocycles. The van der Waals surface area contributed by atoms with Crippen LogP contribution in [0.2, 0.25) is 0 Å². The van der Waals surface area contributed by atoms with Crippen LogP contribution in [-0.2, 0) is 17.8 Å². The lowest BCUT2D eigenvalue weighted by molar-refractivity contribution is -0.117. The summed E-state index contributed by atoms with van der Waals surface area (Å²) in [5, 5.41) is 8.75. The number of carbonyl (C=O) groups excluding carboxylic acids is 1. The van der Waals surface area contributed by atoms with Crippen LogP contribution in [0.15, 0.2) is 18.2 Å². The molecule has 1 aromatic carbocycles. The molecule has 0 saturated heterocycles. The molecule has 0 bridgehead atoms. The van der Waals surface area contributed by atoms with Crippen LogP contribution in [0.4, 0.5) is 5.69 Å². The second kappa shape index (κ2) is 5.29. The van der Waals surface area contributed by atoms with Gasteiger partial charge in [-0.1, -0.05) is 12.1 Å². The molecule has 0 saturated carbocycles. The molecule has 0 fully saturated rings.